The third-order valence-corrected chi connectivity index (χ3v) is 6.62. The van der Waals surface area contributed by atoms with Gasteiger partial charge in [-0.1, -0.05) is 19.1 Å². The molecular formula is C24H33FN4O2. The van der Waals surface area contributed by atoms with Gasteiger partial charge in [0, 0.05) is 57.1 Å². The van der Waals surface area contributed by atoms with Crippen LogP contribution in [0.5, 0.6) is 0 Å². The highest BCUT2D eigenvalue weighted by Gasteiger charge is 2.30. The SMILES string of the molecule is CCN1CCN(c2c(C)c(C(=O)N3CCOCC3)n(Cc3ccc(F)cc3)c2C)CC1. The van der Waals surface area contributed by atoms with E-state index >= 15 is 0 Å². The summed E-state index contributed by atoms with van der Waals surface area (Å²) in [7, 11) is 0. The second-order valence-electron chi connectivity index (χ2n) is 8.45. The van der Waals surface area contributed by atoms with Crippen LogP contribution in [0.2, 0.25) is 0 Å². The van der Waals surface area contributed by atoms with Crippen molar-refractivity contribution in [2.24, 2.45) is 0 Å². The van der Waals surface area contributed by atoms with Crippen molar-refractivity contribution < 1.29 is 13.9 Å². The number of amides is 1. The molecule has 31 heavy (non-hydrogen) atoms. The summed E-state index contributed by atoms with van der Waals surface area (Å²) < 4.78 is 21.0. The third kappa shape index (κ3) is 4.48. The van der Waals surface area contributed by atoms with Crippen LogP contribution in [0.4, 0.5) is 10.1 Å². The quantitative estimate of drug-likeness (QED) is 0.734. The first-order chi connectivity index (χ1) is 15.0. The number of halogens is 1. The molecule has 1 amide bonds. The highest BCUT2D eigenvalue weighted by Crippen LogP contribution is 2.33. The first kappa shape index (κ1) is 21.8. The largest absolute Gasteiger partial charge is 0.378 e. The van der Waals surface area contributed by atoms with Crippen LogP contribution in [0.25, 0.3) is 0 Å². The molecular weight excluding hydrogens is 395 g/mol. The number of rotatable bonds is 5. The molecule has 1 aromatic carbocycles. The van der Waals surface area contributed by atoms with Gasteiger partial charge in [-0.2, -0.15) is 0 Å². The molecule has 0 radical (unpaired) electrons. The zero-order valence-corrected chi connectivity index (χ0v) is 18.9. The van der Waals surface area contributed by atoms with Gasteiger partial charge >= 0.3 is 0 Å². The number of anilines is 1. The second-order valence-corrected chi connectivity index (χ2v) is 8.45. The summed E-state index contributed by atoms with van der Waals surface area (Å²) in [4.78, 5) is 20.4. The van der Waals surface area contributed by atoms with Gasteiger partial charge in [-0.25, -0.2) is 4.39 Å². The van der Waals surface area contributed by atoms with Crippen molar-refractivity contribution in [1.29, 1.82) is 0 Å². The predicted octanol–water partition coefficient (Wildman–Crippen LogP) is 2.91. The van der Waals surface area contributed by atoms with Crippen LogP contribution in [0, 0.1) is 19.7 Å². The molecule has 0 unspecified atom stereocenters. The highest BCUT2D eigenvalue weighted by atomic mass is 19.1. The van der Waals surface area contributed by atoms with Crippen LogP contribution >= 0.6 is 0 Å². The molecule has 2 aliphatic rings. The van der Waals surface area contributed by atoms with Gasteiger partial charge in [0.15, 0.2) is 0 Å². The van der Waals surface area contributed by atoms with E-state index in [1.807, 2.05) is 4.90 Å². The number of aromatic nitrogens is 1. The van der Waals surface area contributed by atoms with Crippen molar-refractivity contribution in [3.63, 3.8) is 0 Å². The molecule has 2 saturated heterocycles. The third-order valence-electron chi connectivity index (χ3n) is 6.62. The molecule has 0 N–H and O–H groups in total. The summed E-state index contributed by atoms with van der Waals surface area (Å²) in [6.45, 7) is 14.4. The summed E-state index contributed by atoms with van der Waals surface area (Å²) in [6, 6.07) is 6.56. The molecule has 1 aromatic heterocycles. The molecule has 2 aliphatic heterocycles. The molecule has 6 nitrogen and oxygen atoms in total. The lowest BCUT2D eigenvalue weighted by Gasteiger charge is -2.36. The Morgan fingerprint density at radius 3 is 2.26 bits per heavy atom. The van der Waals surface area contributed by atoms with Crippen LogP contribution in [-0.4, -0.2) is 79.3 Å². The number of ether oxygens (including phenoxy) is 1. The van der Waals surface area contributed by atoms with Crippen molar-refractivity contribution in [2.45, 2.75) is 27.3 Å². The molecule has 0 atom stereocenters. The van der Waals surface area contributed by atoms with E-state index < -0.39 is 0 Å². The van der Waals surface area contributed by atoms with Gasteiger partial charge in [-0.3, -0.25) is 4.79 Å². The summed E-state index contributed by atoms with van der Waals surface area (Å²) in [5, 5.41) is 0. The number of carbonyl (C=O) groups is 1. The Labute approximate surface area is 184 Å². The number of nitrogens with zero attached hydrogens (tertiary/aromatic N) is 4. The standard InChI is InChI=1S/C24H33FN4O2/c1-4-26-9-11-27(12-10-26)22-18(2)23(24(30)28-13-15-31-16-14-28)29(19(22)3)17-20-5-7-21(25)8-6-20/h5-8H,4,9-17H2,1-3H3. The maximum absolute atomic E-state index is 13.6. The summed E-state index contributed by atoms with van der Waals surface area (Å²) in [6.07, 6.45) is 0. The van der Waals surface area contributed by atoms with Gasteiger partial charge in [0.05, 0.1) is 18.9 Å². The fourth-order valence-electron chi connectivity index (χ4n) is 4.80. The van der Waals surface area contributed by atoms with Crippen LogP contribution < -0.4 is 4.90 Å². The predicted molar refractivity (Wildman–Crippen MR) is 120 cm³/mol. The molecule has 4 rings (SSSR count). The van der Waals surface area contributed by atoms with Gasteiger partial charge in [0.25, 0.3) is 5.91 Å². The van der Waals surface area contributed by atoms with Crippen molar-refractivity contribution >= 4 is 11.6 Å². The second kappa shape index (κ2) is 9.40. The molecule has 0 spiro atoms. The van der Waals surface area contributed by atoms with Gasteiger partial charge < -0.3 is 24.0 Å². The molecule has 0 saturated carbocycles. The van der Waals surface area contributed by atoms with E-state index in [0.717, 1.165) is 55.2 Å². The Morgan fingerprint density at radius 1 is 1.00 bits per heavy atom. The molecule has 3 heterocycles. The smallest absolute Gasteiger partial charge is 0.271 e. The number of piperazine rings is 1. The van der Waals surface area contributed by atoms with Crippen molar-refractivity contribution in [3.8, 4) is 0 Å². The molecule has 2 aromatic rings. The van der Waals surface area contributed by atoms with Gasteiger partial charge in [0.2, 0.25) is 0 Å². The zero-order valence-electron chi connectivity index (χ0n) is 18.9. The Balaban J connectivity index is 1.71. The number of hydrogen-bond acceptors (Lipinski definition) is 4. The summed E-state index contributed by atoms with van der Waals surface area (Å²) >= 11 is 0. The lowest BCUT2D eigenvalue weighted by Crippen LogP contribution is -2.46. The maximum Gasteiger partial charge on any atom is 0.271 e. The first-order valence-corrected chi connectivity index (χ1v) is 11.3. The Bertz CT molecular complexity index is 911. The number of carbonyl (C=O) groups excluding carboxylic acids is 1. The topological polar surface area (TPSA) is 40.9 Å². The average Bonchev–Trinajstić information content (AvgIpc) is 3.04. The van der Waals surface area contributed by atoms with E-state index in [2.05, 4.69) is 35.1 Å². The average molecular weight is 429 g/mol. The van der Waals surface area contributed by atoms with E-state index in [4.69, 9.17) is 4.74 Å². The number of benzene rings is 1. The minimum atomic E-state index is -0.247. The normalized spacial score (nSPS) is 17.9. The minimum absolute atomic E-state index is 0.0597. The fourth-order valence-corrected chi connectivity index (χ4v) is 4.80. The van der Waals surface area contributed by atoms with Crippen molar-refractivity contribution in [3.05, 3.63) is 52.6 Å². The van der Waals surface area contributed by atoms with Crippen LogP contribution in [-0.2, 0) is 11.3 Å². The monoisotopic (exact) mass is 428 g/mol. The summed E-state index contributed by atoms with van der Waals surface area (Å²) in [5.74, 6) is -0.187. The maximum atomic E-state index is 13.6. The molecule has 168 valence electrons. The van der Waals surface area contributed by atoms with Crippen LogP contribution in [0.1, 0.15) is 34.2 Å². The van der Waals surface area contributed by atoms with Gasteiger partial charge in [0.1, 0.15) is 11.5 Å². The van der Waals surface area contributed by atoms with E-state index in [0.29, 0.717) is 32.8 Å². The highest BCUT2D eigenvalue weighted by molar-refractivity contribution is 5.96. The van der Waals surface area contributed by atoms with Crippen LogP contribution in [0.3, 0.4) is 0 Å². The van der Waals surface area contributed by atoms with E-state index in [1.54, 1.807) is 12.1 Å². The van der Waals surface area contributed by atoms with Crippen LogP contribution in [0.15, 0.2) is 24.3 Å². The minimum Gasteiger partial charge on any atom is -0.378 e. The van der Waals surface area contributed by atoms with Crippen molar-refractivity contribution in [2.75, 3.05) is 63.9 Å². The van der Waals surface area contributed by atoms with Gasteiger partial charge in [-0.15, -0.1) is 0 Å². The van der Waals surface area contributed by atoms with E-state index in [1.165, 1.54) is 17.8 Å². The molecule has 0 bridgehead atoms. The Morgan fingerprint density at radius 2 is 1.65 bits per heavy atom. The van der Waals surface area contributed by atoms with E-state index in [-0.39, 0.29) is 11.7 Å². The number of hydrogen-bond donors (Lipinski definition) is 0. The van der Waals surface area contributed by atoms with Gasteiger partial charge in [-0.05, 0) is 38.1 Å². The molecule has 0 aliphatic carbocycles. The summed E-state index contributed by atoms with van der Waals surface area (Å²) in [5.41, 5.74) is 5.05. The lowest BCUT2D eigenvalue weighted by atomic mass is 10.1. The Kier molecular flexibility index (Phi) is 6.62. The number of morpholine rings is 1. The van der Waals surface area contributed by atoms with Crippen molar-refractivity contribution in [1.82, 2.24) is 14.4 Å². The lowest BCUT2D eigenvalue weighted by molar-refractivity contribution is 0.0295. The Hall–Kier alpha value is -2.38. The fraction of sp³-hybridized carbons (Fsp3) is 0.542. The first-order valence-electron chi connectivity index (χ1n) is 11.3. The molecule has 7 heteroatoms. The van der Waals surface area contributed by atoms with E-state index in [9.17, 15) is 9.18 Å². The number of likely N-dealkylation sites (N-methyl/N-ethyl adjacent to an activating group) is 1. The molecule has 2 fully saturated rings. The zero-order chi connectivity index (χ0) is 22.0.